The monoisotopic (exact) mass is 219 g/mol. The Labute approximate surface area is 89.5 Å². The SMILES string of the molecule is C=CN(C)/C(NC(N)N)=C(\N)C(C)Cl. The van der Waals surface area contributed by atoms with E-state index in [4.69, 9.17) is 28.8 Å². The van der Waals surface area contributed by atoms with E-state index in [0.717, 1.165) is 0 Å². The van der Waals surface area contributed by atoms with Crippen LogP contribution in [0.2, 0.25) is 0 Å². The van der Waals surface area contributed by atoms with E-state index in [1.165, 1.54) is 0 Å². The van der Waals surface area contributed by atoms with Crippen LogP contribution in [0.25, 0.3) is 0 Å². The maximum atomic E-state index is 5.84. The average Bonchev–Trinajstić information content (AvgIpc) is 2.11. The first-order valence-electron chi connectivity index (χ1n) is 4.17. The third-order valence-corrected chi connectivity index (χ3v) is 1.87. The minimum Gasteiger partial charge on any atom is -0.398 e. The summed E-state index contributed by atoms with van der Waals surface area (Å²) in [6.45, 7) is 5.36. The van der Waals surface area contributed by atoms with Gasteiger partial charge in [-0.25, -0.2) is 0 Å². The number of nitrogens with one attached hydrogen (secondary N) is 1. The number of hydrogen-bond acceptors (Lipinski definition) is 5. The van der Waals surface area contributed by atoms with Crippen LogP contribution in [0, 0.1) is 0 Å². The predicted molar refractivity (Wildman–Crippen MR) is 59.8 cm³/mol. The molecule has 0 fully saturated rings. The van der Waals surface area contributed by atoms with Gasteiger partial charge in [0.2, 0.25) is 0 Å². The molecule has 0 aliphatic heterocycles. The first-order valence-corrected chi connectivity index (χ1v) is 4.60. The standard InChI is InChI=1S/C8H18ClN5/c1-4-14(3)7(13-8(11)12)6(10)5(2)9/h4-5,8,13H,1,10-12H2,2-3H3/b7-6-. The van der Waals surface area contributed by atoms with Crippen molar-refractivity contribution in [3.05, 3.63) is 24.3 Å². The molecule has 0 aliphatic carbocycles. The van der Waals surface area contributed by atoms with Gasteiger partial charge in [-0.3, -0.25) is 11.5 Å². The first-order chi connectivity index (χ1) is 6.40. The predicted octanol–water partition coefficient (Wildman–Crippen LogP) is -0.393. The number of nitrogens with two attached hydrogens (primary N) is 3. The number of nitrogens with zero attached hydrogens (tertiary/aromatic N) is 1. The highest BCUT2D eigenvalue weighted by Crippen LogP contribution is 2.09. The lowest BCUT2D eigenvalue weighted by atomic mass is 10.3. The van der Waals surface area contributed by atoms with E-state index in [0.29, 0.717) is 11.5 Å². The second kappa shape index (κ2) is 5.74. The molecule has 0 rings (SSSR count). The maximum Gasteiger partial charge on any atom is 0.128 e. The van der Waals surface area contributed by atoms with Crippen molar-refractivity contribution in [2.24, 2.45) is 17.2 Å². The van der Waals surface area contributed by atoms with Crippen molar-refractivity contribution in [2.75, 3.05) is 7.05 Å². The molecule has 0 aromatic carbocycles. The summed E-state index contributed by atoms with van der Waals surface area (Å²) < 4.78 is 0. The first kappa shape index (κ1) is 13.1. The molecule has 0 aromatic heterocycles. The van der Waals surface area contributed by atoms with Gasteiger partial charge in [-0.2, -0.15) is 0 Å². The molecule has 5 nitrogen and oxygen atoms in total. The zero-order chi connectivity index (χ0) is 11.3. The Kier molecular flexibility index (Phi) is 5.37. The van der Waals surface area contributed by atoms with Crippen molar-refractivity contribution < 1.29 is 0 Å². The van der Waals surface area contributed by atoms with Crippen molar-refractivity contribution >= 4 is 11.6 Å². The Morgan fingerprint density at radius 1 is 1.57 bits per heavy atom. The zero-order valence-electron chi connectivity index (χ0n) is 8.50. The summed E-state index contributed by atoms with van der Waals surface area (Å²) in [4.78, 5) is 1.67. The fourth-order valence-corrected chi connectivity index (χ4v) is 0.930. The third kappa shape index (κ3) is 3.87. The molecule has 0 heterocycles. The van der Waals surface area contributed by atoms with Gasteiger partial charge in [0.15, 0.2) is 0 Å². The second-order valence-corrected chi connectivity index (χ2v) is 3.54. The Bertz CT molecular complexity index is 224. The Hall–Kier alpha value is -0.910. The molecule has 1 unspecified atom stereocenters. The van der Waals surface area contributed by atoms with E-state index in [-0.39, 0.29) is 5.38 Å². The van der Waals surface area contributed by atoms with E-state index >= 15 is 0 Å². The molecule has 0 spiro atoms. The fourth-order valence-electron chi connectivity index (χ4n) is 0.826. The molecular formula is C8H18ClN5. The van der Waals surface area contributed by atoms with Crippen LogP contribution in [0.5, 0.6) is 0 Å². The number of alkyl halides is 1. The van der Waals surface area contributed by atoms with Crippen LogP contribution in [0.3, 0.4) is 0 Å². The summed E-state index contributed by atoms with van der Waals surface area (Å²) in [7, 11) is 1.77. The van der Waals surface area contributed by atoms with Gasteiger partial charge in [-0.05, 0) is 13.1 Å². The quantitative estimate of drug-likeness (QED) is 0.373. The van der Waals surface area contributed by atoms with Crippen LogP contribution >= 0.6 is 11.6 Å². The van der Waals surface area contributed by atoms with Crippen LogP contribution in [0.15, 0.2) is 24.3 Å². The summed E-state index contributed by atoms with van der Waals surface area (Å²) in [5.41, 5.74) is 17.0. The summed E-state index contributed by atoms with van der Waals surface area (Å²) in [6.07, 6.45) is 0.887. The van der Waals surface area contributed by atoms with Gasteiger partial charge in [0.05, 0.1) is 11.1 Å². The van der Waals surface area contributed by atoms with Crippen molar-refractivity contribution in [1.29, 1.82) is 0 Å². The fraction of sp³-hybridized carbons (Fsp3) is 0.500. The molecule has 0 saturated carbocycles. The lowest BCUT2D eigenvalue weighted by Crippen LogP contribution is -2.48. The van der Waals surface area contributed by atoms with Crippen molar-refractivity contribution in [3.8, 4) is 0 Å². The zero-order valence-corrected chi connectivity index (χ0v) is 9.25. The highest BCUT2D eigenvalue weighted by Gasteiger charge is 2.12. The van der Waals surface area contributed by atoms with Gasteiger partial charge in [-0.1, -0.05) is 6.58 Å². The van der Waals surface area contributed by atoms with Gasteiger partial charge in [0.1, 0.15) is 12.1 Å². The van der Waals surface area contributed by atoms with Gasteiger partial charge >= 0.3 is 0 Å². The lowest BCUT2D eigenvalue weighted by molar-refractivity contribution is 0.453. The van der Waals surface area contributed by atoms with Gasteiger partial charge in [-0.15, -0.1) is 11.6 Å². The van der Waals surface area contributed by atoms with Gasteiger partial charge < -0.3 is 16.0 Å². The molecule has 82 valence electrons. The lowest BCUT2D eigenvalue weighted by Gasteiger charge is -2.24. The summed E-state index contributed by atoms with van der Waals surface area (Å²) in [5.74, 6) is 0.567. The largest absolute Gasteiger partial charge is 0.398 e. The van der Waals surface area contributed by atoms with E-state index in [1.807, 2.05) is 0 Å². The van der Waals surface area contributed by atoms with Crippen LogP contribution < -0.4 is 22.5 Å². The summed E-state index contributed by atoms with van der Waals surface area (Å²) in [6, 6.07) is 0. The smallest absolute Gasteiger partial charge is 0.128 e. The van der Waals surface area contributed by atoms with Crippen LogP contribution in [0.4, 0.5) is 0 Å². The van der Waals surface area contributed by atoms with Crippen LogP contribution in [0.1, 0.15) is 6.92 Å². The highest BCUT2D eigenvalue weighted by atomic mass is 35.5. The number of hydrogen-bond donors (Lipinski definition) is 4. The molecule has 0 aliphatic rings. The molecule has 7 N–H and O–H groups in total. The molecule has 1 atom stereocenters. The molecule has 0 bridgehead atoms. The molecule has 0 aromatic rings. The van der Waals surface area contributed by atoms with Crippen LogP contribution in [-0.2, 0) is 0 Å². The number of halogens is 1. The summed E-state index contributed by atoms with van der Waals surface area (Å²) >= 11 is 5.84. The third-order valence-electron chi connectivity index (χ3n) is 1.63. The molecule has 0 radical (unpaired) electrons. The Balaban J connectivity index is 4.87. The summed E-state index contributed by atoms with van der Waals surface area (Å²) in [5, 5.41) is 2.49. The van der Waals surface area contributed by atoms with E-state index < -0.39 is 6.29 Å². The normalized spacial score (nSPS) is 14.7. The minimum atomic E-state index is -0.693. The average molecular weight is 220 g/mol. The molecule has 0 saturated heterocycles. The maximum absolute atomic E-state index is 5.84. The van der Waals surface area contributed by atoms with Crippen molar-refractivity contribution in [3.63, 3.8) is 0 Å². The van der Waals surface area contributed by atoms with Gasteiger partial charge in [0.25, 0.3) is 0 Å². The Morgan fingerprint density at radius 3 is 2.36 bits per heavy atom. The second-order valence-electron chi connectivity index (χ2n) is 2.88. The highest BCUT2D eigenvalue weighted by molar-refractivity contribution is 6.22. The topological polar surface area (TPSA) is 93.3 Å². The van der Waals surface area contributed by atoms with Crippen molar-refractivity contribution in [1.82, 2.24) is 10.2 Å². The van der Waals surface area contributed by atoms with Crippen molar-refractivity contribution in [2.45, 2.75) is 18.6 Å². The van der Waals surface area contributed by atoms with E-state index in [1.54, 1.807) is 25.1 Å². The molecular weight excluding hydrogens is 202 g/mol. The van der Waals surface area contributed by atoms with Gasteiger partial charge in [0, 0.05) is 7.05 Å². The molecule has 0 amide bonds. The molecule has 14 heavy (non-hydrogen) atoms. The number of rotatable bonds is 5. The van der Waals surface area contributed by atoms with Crippen LogP contribution in [-0.4, -0.2) is 23.6 Å². The number of allylic oxidation sites excluding steroid dienone is 1. The van der Waals surface area contributed by atoms with E-state index in [9.17, 15) is 0 Å². The van der Waals surface area contributed by atoms with E-state index in [2.05, 4.69) is 11.9 Å². The molecule has 6 heteroatoms. The Morgan fingerprint density at radius 2 is 2.07 bits per heavy atom. The minimum absolute atomic E-state index is 0.307.